The van der Waals surface area contributed by atoms with Gasteiger partial charge in [-0.2, -0.15) is 0 Å². The summed E-state index contributed by atoms with van der Waals surface area (Å²) in [6.45, 7) is 2.23. The molecule has 2 N–H and O–H groups in total. The number of carbonyl (C=O) groups is 1. The molecule has 0 saturated carbocycles. The predicted molar refractivity (Wildman–Crippen MR) is 82.3 cm³/mol. The van der Waals surface area contributed by atoms with Gasteiger partial charge in [0, 0.05) is 18.4 Å². The number of hydrogen-bond acceptors (Lipinski definition) is 4. The number of rotatable bonds is 6. The Bertz CT molecular complexity index is 587. The second kappa shape index (κ2) is 7.40. The molecule has 2 aromatic rings. The van der Waals surface area contributed by atoms with Crippen molar-refractivity contribution in [3.05, 3.63) is 54.4 Å². The van der Waals surface area contributed by atoms with Crippen LogP contribution in [0.2, 0.25) is 0 Å². The largest absolute Gasteiger partial charge is 0.495 e. The molecule has 5 nitrogen and oxygen atoms in total. The first kappa shape index (κ1) is 15.0. The van der Waals surface area contributed by atoms with Gasteiger partial charge in [-0.3, -0.25) is 9.78 Å². The van der Waals surface area contributed by atoms with E-state index in [1.54, 1.807) is 19.5 Å². The van der Waals surface area contributed by atoms with Gasteiger partial charge < -0.3 is 15.4 Å². The second-order valence-corrected chi connectivity index (χ2v) is 4.63. The molecule has 0 fully saturated rings. The van der Waals surface area contributed by atoms with Gasteiger partial charge in [0.1, 0.15) is 5.75 Å². The van der Waals surface area contributed by atoms with Gasteiger partial charge in [-0.25, -0.2) is 0 Å². The van der Waals surface area contributed by atoms with E-state index in [1.807, 2.05) is 43.3 Å². The molecule has 21 heavy (non-hydrogen) atoms. The van der Waals surface area contributed by atoms with Crippen molar-refractivity contribution in [2.45, 2.75) is 13.0 Å². The molecule has 0 aliphatic rings. The number of pyridine rings is 1. The lowest BCUT2D eigenvalue weighted by atomic mass is 10.1. The standard InChI is InChI=1S/C16H19N3O2/c1-12(13-7-9-17-10-8-13)18-11-16(20)19-14-5-3-4-6-15(14)21-2/h3-10,12,18H,11H2,1-2H3,(H,19,20)/t12-/m0/s1. The highest BCUT2D eigenvalue weighted by Crippen LogP contribution is 2.22. The van der Waals surface area contributed by atoms with Crippen LogP contribution in [0.3, 0.4) is 0 Å². The molecule has 0 spiro atoms. The van der Waals surface area contributed by atoms with E-state index in [0.717, 1.165) is 5.56 Å². The van der Waals surface area contributed by atoms with Crippen LogP contribution in [0.15, 0.2) is 48.8 Å². The fraction of sp³-hybridized carbons (Fsp3) is 0.250. The lowest BCUT2D eigenvalue weighted by molar-refractivity contribution is -0.115. The first-order valence-electron chi connectivity index (χ1n) is 6.77. The van der Waals surface area contributed by atoms with Crippen molar-refractivity contribution >= 4 is 11.6 Å². The monoisotopic (exact) mass is 285 g/mol. The molecule has 0 aliphatic heterocycles. The van der Waals surface area contributed by atoms with Crippen molar-refractivity contribution in [2.24, 2.45) is 0 Å². The SMILES string of the molecule is COc1ccccc1NC(=O)CN[C@@H](C)c1ccncc1. The molecule has 0 aliphatic carbocycles. The van der Waals surface area contributed by atoms with E-state index in [2.05, 4.69) is 15.6 Å². The van der Waals surface area contributed by atoms with Crippen molar-refractivity contribution in [1.29, 1.82) is 0 Å². The summed E-state index contributed by atoms with van der Waals surface area (Å²) in [5.74, 6) is 0.536. The summed E-state index contributed by atoms with van der Waals surface area (Å²) in [7, 11) is 1.58. The molecule has 1 aromatic heterocycles. The molecule has 5 heteroatoms. The van der Waals surface area contributed by atoms with E-state index in [4.69, 9.17) is 4.74 Å². The fourth-order valence-corrected chi connectivity index (χ4v) is 1.96. The number of methoxy groups -OCH3 is 1. The Labute approximate surface area is 124 Å². The smallest absolute Gasteiger partial charge is 0.238 e. The minimum Gasteiger partial charge on any atom is -0.495 e. The van der Waals surface area contributed by atoms with Crippen LogP contribution in [0.25, 0.3) is 0 Å². The maximum absolute atomic E-state index is 12.0. The number of benzene rings is 1. The van der Waals surface area contributed by atoms with E-state index in [0.29, 0.717) is 11.4 Å². The van der Waals surface area contributed by atoms with Gasteiger partial charge in [0.05, 0.1) is 19.3 Å². The molecular weight excluding hydrogens is 266 g/mol. The third-order valence-corrected chi connectivity index (χ3v) is 3.16. The predicted octanol–water partition coefficient (Wildman–Crippen LogP) is 2.38. The molecule has 2 rings (SSSR count). The van der Waals surface area contributed by atoms with Crippen LogP contribution >= 0.6 is 0 Å². The zero-order valence-corrected chi connectivity index (χ0v) is 12.2. The average Bonchev–Trinajstić information content (AvgIpc) is 2.54. The van der Waals surface area contributed by atoms with Crippen molar-refractivity contribution < 1.29 is 9.53 Å². The highest BCUT2D eigenvalue weighted by molar-refractivity contribution is 5.93. The summed E-state index contributed by atoms with van der Waals surface area (Å²) in [5.41, 5.74) is 1.76. The van der Waals surface area contributed by atoms with Gasteiger partial charge in [0.25, 0.3) is 0 Å². The van der Waals surface area contributed by atoms with Crippen LogP contribution in [0, 0.1) is 0 Å². The molecule has 1 heterocycles. The Kier molecular flexibility index (Phi) is 5.29. The Balaban J connectivity index is 1.88. The summed E-state index contributed by atoms with van der Waals surface area (Å²) in [6, 6.07) is 11.3. The van der Waals surface area contributed by atoms with Crippen LogP contribution in [-0.4, -0.2) is 24.5 Å². The maximum Gasteiger partial charge on any atom is 0.238 e. The molecule has 0 radical (unpaired) electrons. The highest BCUT2D eigenvalue weighted by Gasteiger charge is 2.09. The Morgan fingerprint density at radius 2 is 1.95 bits per heavy atom. The van der Waals surface area contributed by atoms with Gasteiger partial charge in [0.2, 0.25) is 5.91 Å². The number of anilines is 1. The second-order valence-electron chi connectivity index (χ2n) is 4.63. The number of hydrogen-bond donors (Lipinski definition) is 2. The molecule has 1 amide bonds. The first-order chi connectivity index (χ1) is 10.2. The fourth-order valence-electron chi connectivity index (χ4n) is 1.96. The topological polar surface area (TPSA) is 63.2 Å². The minimum atomic E-state index is -0.111. The summed E-state index contributed by atoms with van der Waals surface area (Å²) in [5, 5.41) is 6.01. The number of aromatic nitrogens is 1. The van der Waals surface area contributed by atoms with Crippen molar-refractivity contribution in [3.63, 3.8) is 0 Å². The molecule has 1 atom stereocenters. The first-order valence-corrected chi connectivity index (χ1v) is 6.77. The summed E-state index contributed by atoms with van der Waals surface area (Å²) in [6.07, 6.45) is 3.48. The van der Waals surface area contributed by atoms with Crippen LogP contribution in [-0.2, 0) is 4.79 Å². The van der Waals surface area contributed by atoms with Crippen molar-refractivity contribution in [2.75, 3.05) is 19.0 Å². The molecule has 0 unspecified atom stereocenters. The third-order valence-electron chi connectivity index (χ3n) is 3.16. The maximum atomic E-state index is 12.0. The van der Waals surface area contributed by atoms with Crippen LogP contribution in [0.1, 0.15) is 18.5 Å². The van der Waals surface area contributed by atoms with Crippen LogP contribution in [0.5, 0.6) is 5.75 Å². The molecule has 110 valence electrons. The van der Waals surface area contributed by atoms with Gasteiger partial charge >= 0.3 is 0 Å². The number of para-hydroxylation sites is 2. The quantitative estimate of drug-likeness (QED) is 0.855. The van der Waals surface area contributed by atoms with Crippen molar-refractivity contribution in [3.8, 4) is 5.75 Å². The average molecular weight is 285 g/mol. The summed E-state index contributed by atoms with van der Waals surface area (Å²) in [4.78, 5) is 16.0. The van der Waals surface area contributed by atoms with E-state index in [9.17, 15) is 4.79 Å². The third kappa shape index (κ3) is 4.29. The Hall–Kier alpha value is -2.40. The van der Waals surface area contributed by atoms with Crippen molar-refractivity contribution in [1.82, 2.24) is 10.3 Å². The van der Waals surface area contributed by atoms with Gasteiger partial charge in [-0.05, 0) is 36.8 Å². The Morgan fingerprint density at radius 3 is 2.67 bits per heavy atom. The van der Waals surface area contributed by atoms with E-state index in [1.165, 1.54) is 0 Å². The lowest BCUT2D eigenvalue weighted by Crippen LogP contribution is -2.30. The number of carbonyl (C=O) groups excluding carboxylic acids is 1. The zero-order valence-electron chi connectivity index (χ0n) is 12.2. The van der Waals surface area contributed by atoms with E-state index >= 15 is 0 Å². The highest BCUT2D eigenvalue weighted by atomic mass is 16.5. The number of amides is 1. The van der Waals surface area contributed by atoms with Gasteiger partial charge in [0.15, 0.2) is 0 Å². The number of ether oxygens (including phenoxy) is 1. The lowest BCUT2D eigenvalue weighted by Gasteiger charge is -2.14. The van der Waals surface area contributed by atoms with E-state index < -0.39 is 0 Å². The minimum absolute atomic E-state index is 0.0800. The summed E-state index contributed by atoms with van der Waals surface area (Å²) < 4.78 is 5.20. The molecule has 1 aromatic carbocycles. The molecule has 0 bridgehead atoms. The van der Waals surface area contributed by atoms with Crippen LogP contribution < -0.4 is 15.4 Å². The summed E-state index contributed by atoms with van der Waals surface area (Å²) >= 11 is 0. The van der Waals surface area contributed by atoms with Gasteiger partial charge in [-0.1, -0.05) is 12.1 Å². The van der Waals surface area contributed by atoms with E-state index in [-0.39, 0.29) is 18.5 Å². The number of nitrogens with zero attached hydrogens (tertiary/aromatic N) is 1. The zero-order chi connectivity index (χ0) is 15.1. The Morgan fingerprint density at radius 1 is 1.24 bits per heavy atom. The van der Waals surface area contributed by atoms with Crippen LogP contribution in [0.4, 0.5) is 5.69 Å². The van der Waals surface area contributed by atoms with Gasteiger partial charge in [-0.15, -0.1) is 0 Å². The molecule has 0 saturated heterocycles. The molecular formula is C16H19N3O2. The normalized spacial score (nSPS) is 11.7. The number of nitrogens with one attached hydrogen (secondary N) is 2.